The molecular formula is C19H15ClN6. The highest BCUT2D eigenvalue weighted by Crippen LogP contribution is 2.30. The van der Waals surface area contributed by atoms with Gasteiger partial charge in [0, 0.05) is 35.2 Å². The van der Waals surface area contributed by atoms with E-state index < -0.39 is 0 Å². The Hall–Kier alpha value is -3.04. The summed E-state index contributed by atoms with van der Waals surface area (Å²) >= 11 is 6.09. The average molecular weight is 363 g/mol. The van der Waals surface area contributed by atoms with Gasteiger partial charge in [0.15, 0.2) is 0 Å². The van der Waals surface area contributed by atoms with Crippen molar-refractivity contribution in [1.29, 1.82) is 5.26 Å². The van der Waals surface area contributed by atoms with Crippen LogP contribution in [0.3, 0.4) is 0 Å². The molecule has 0 radical (unpaired) electrons. The fraction of sp³-hybridized carbons (Fsp3) is 0.211. The number of hydrogen-bond acceptors (Lipinski definition) is 6. The van der Waals surface area contributed by atoms with Crippen molar-refractivity contribution in [2.24, 2.45) is 0 Å². The minimum atomic E-state index is 0.139. The molecule has 2 heterocycles. The predicted octanol–water partition coefficient (Wildman–Crippen LogP) is 3.35. The fourth-order valence-electron chi connectivity index (χ4n) is 3.16. The third kappa shape index (κ3) is 3.22. The molecule has 0 aliphatic heterocycles. The maximum atomic E-state index is 9.29. The summed E-state index contributed by atoms with van der Waals surface area (Å²) in [5.41, 5.74) is 5.23. The lowest BCUT2D eigenvalue weighted by atomic mass is 10.0. The Kier molecular flexibility index (Phi) is 4.23. The SMILES string of the molecule is Cc1cnc(-c2cnc(N[C@H]3Cc4cc(Cl)cc(C#N)c4C3)nc2)cn1. The fourth-order valence-corrected chi connectivity index (χ4v) is 3.40. The number of hydrogen-bond donors (Lipinski definition) is 1. The minimum Gasteiger partial charge on any atom is -0.351 e. The van der Waals surface area contributed by atoms with Crippen LogP contribution in [0.2, 0.25) is 5.02 Å². The lowest BCUT2D eigenvalue weighted by Crippen LogP contribution is -2.21. The van der Waals surface area contributed by atoms with Gasteiger partial charge in [-0.15, -0.1) is 0 Å². The number of nitrogens with one attached hydrogen (secondary N) is 1. The highest BCUT2D eigenvalue weighted by Gasteiger charge is 2.25. The van der Waals surface area contributed by atoms with Gasteiger partial charge in [-0.25, -0.2) is 9.97 Å². The molecule has 0 unspecified atom stereocenters. The van der Waals surface area contributed by atoms with Crippen molar-refractivity contribution in [3.05, 3.63) is 64.3 Å². The van der Waals surface area contributed by atoms with Gasteiger partial charge < -0.3 is 5.32 Å². The highest BCUT2D eigenvalue weighted by molar-refractivity contribution is 6.30. The van der Waals surface area contributed by atoms with E-state index in [1.807, 2.05) is 13.0 Å². The molecule has 0 saturated carbocycles. The zero-order valence-electron chi connectivity index (χ0n) is 14.1. The van der Waals surface area contributed by atoms with Gasteiger partial charge in [0.1, 0.15) is 0 Å². The molecule has 0 fully saturated rings. The monoisotopic (exact) mass is 362 g/mol. The number of anilines is 1. The molecule has 1 atom stereocenters. The van der Waals surface area contributed by atoms with Gasteiger partial charge in [0.05, 0.1) is 29.2 Å². The van der Waals surface area contributed by atoms with E-state index in [4.69, 9.17) is 11.6 Å². The number of halogens is 1. The Balaban J connectivity index is 1.49. The molecule has 4 rings (SSSR count). The maximum Gasteiger partial charge on any atom is 0.222 e. The van der Waals surface area contributed by atoms with Crippen molar-refractivity contribution in [2.45, 2.75) is 25.8 Å². The van der Waals surface area contributed by atoms with Gasteiger partial charge >= 0.3 is 0 Å². The Bertz CT molecular complexity index is 992. The molecule has 128 valence electrons. The summed E-state index contributed by atoms with van der Waals surface area (Å²) in [6, 6.07) is 6.01. The Morgan fingerprint density at radius 2 is 1.88 bits per heavy atom. The van der Waals surface area contributed by atoms with Gasteiger partial charge in [-0.3, -0.25) is 9.97 Å². The average Bonchev–Trinajstić information content (AvgIpc) is 3.04. The van der Waals surface area contributed by atoms with E-state index in [-0.39, 0.29) is 6.04 Å². The largest absolute Gasteiger partial charge is 0.351 e. The third-order valence-electron chi connectivity index (χ3n) is 4.41. The van der Waals surface area contributed by atoms with Crippen LogP contribution in [-0.4, -0.2) is 26.0 Å². The summed E-state index contributed by atoms with van der Waals surface area (Å²) in [5, 5.41) is 13.2. The number of nitriles is 1. The molecule has 3 aromatic rings. The summed E-state index contributed by atoms with van der Waals surface area (Å²) < 4.78 is 0. The zero-order chi connectivity index (χ0) is 18.1. The molecule has 0 saturated heterocycles. The number of aromatic nitrogens is 4. The van der Waals surface area contributed by atoms with E-state index in [2.05, 4.69) is 31.3 Å². The molecule has 1 aromatic carbocycles. The van der Waals surface area contributed by atoms with Crippen molar-refractivity contribution in [2.75, 3.05) is 5.32 Å². The zero-order valence-corrected chi connectivity index (χ0v) is 14.8. The summed E-state index contributed by atoms with van der Waals surface area (Å²) in [7, 11) is 0. The van der Waals surface area contributed by atoms with Crippen LogP contribution in [0.25, 0.3) is 11.3 Å². The van der Waals surface area contributed by atoms with E-state index in [9.17, 15) is 5.26 Å². The second kappa shape index (κ2) is 6.70. The number of fused-ring (bicyclic) bond motifs is 1. The van der Waals surface area contributed by atoms with E-state index in [1.165, 1.54) is 0 Å². The van der Waals surface area contributed by atoms with Crippen LogP contribution in [0.15, 0.2) is 36.9 Å². The smallest absolute Gasteiger partial charge is 0.222 e. The van der Waals surface area contributed by atoms with Gasteiger partial charge in [0.25, 0.3) is 0 Å². The molecule has 0 bridgehead atoms. The van der Waals surface area contributed by atoms with Crippen molar-refractivity contribution in [3.63, 3.8) is 0 Å². The molecule has 1 aliphatic carbocycles. The van der Waals surface area contributed by atoms with Crippen LogP contribution in [0.5, 0.6) is 0 Å². The molecule has 1 N–H and O–H groups in total. The van der Waals surface area contributed by atoms with Gasteiger partial charge in [-0.05, 0) is 43.0 Å². The van der Waals surface area contributed by atoms with Crippen LogP contribution >= 0.6 is 11.6 Å². The topological polar surface area (TPSA) is 87.4 Å². The lowest BCUT2D eigenvalue weighted by Gasteiger charge is -2.11. The first-order valence-corrected chi connectivity index (χ1v) is 8.59. The quantitative estimate of drug-likeness (QED) is 0.768. The van der Waals surface area contributed by atoms with Crippen LogP contribution < -0.4 is 5.32 Å². The summed E-state index contributed by atoms with van der Waals surface area (Å²) in [6.07, 6.45) is 8.43. The normalized spacial score (nSPS) is 15.3. The van der Waals surface area contributed by atoms with E-state index in [0.717, 1.165) is 40.9 Å². The van der Waals surface area contributed by atoms with Crippen molar-refractivity contribution in [3.8, 4) is 17.3 Å². The summed E-state index contributed by atoms with van der Waals surface area (Å²) in [4.78, 5) is 17.3. The molecule has 1 aliphatic rings. The number of nitrogens with zero attached hydrogens (tertiary/aromatic N) is 5. The van der Waals surface area contributed by atoms with Gasteiger partial charge in [-0.2, -0.15) is 5.26 Å². The number of benzene rings is 1. The van der Waals surface area contributed by atoms with E-state index in [1.54, 1.807) is 30.9 Å². The Morgan fingerprint density at radius 3 is 2.58 bits per heavy atom. The molecular weight excluding hydrogens is 348 g/mol. The molecule has 2 aromatic heterocycles. The first-order valence-electron chi connectivity index (χ1n) is 8.21. The Morgan fingerprint density at radius 1 is 1.08 bits per heavy atom. The molecule has 26 heavy (non-hydrogen) atoms. The molecule has 7 heteroatoms. The standard InChI is InChI=1S/C19H15ClN6/c1-11-7-23-18(10-22-11)14-8-24-19(25-9-14)26-16-4-12-2-15(20)3-13(6-21)17(12)5-16/h2-3,7-10,16H,4-5H2,1H3,(H,24,25,26)/t16-/m0/s1. The van der Waals surface area contributed by atoms with Crippen molar-refractivity contribution in [1.82, 2.24) is 19.9 Å². The number of rotatable bonds is 3. The third-order valence-corrected chi connectivity index (χ3v) is 4.62. The number of aryl methyl sites for hydroxylation is 1. The van der Waals surface area contributed by atoms with Crippen LogP contribution in [0, 0.1) is 18.3 Å². The van der Waals surface area contributed by atoms with Crippen LogP contribution in [0.1, 0.15) is 22.4 Å². The second-order valence-corrected chi connectivity index (χ2v) is 6.73. The maximum absolute atomic E-state index is 9.29. The first kappa shape index (κ1) is 16.4. The Labute approximate surface area is 155 Å². The lowest BCUT2D eigenvalue weighted by molar-refractivity contribution is 0.761. The van der Waals surface area contributed by atoms with Crippen molar-refractivity contribution >= 4 is 17.5 Å². The van der Waals surface area contributed by atoms with E-state index in [0.29, 0.717) is 16.5 Å². The summed E-state index contributed by atoms with van der Waals surface area (Å²) in [5.74, 6) is 0.552. The van der Waals surface area contributed by atoms with E-state index >= 15 is 0 Å². The predicted molar refractivity (Wildman–Crippen MR) is 98.8 cm³/mol. The van der Waals surface area contributed by atoms with Crippen molar-refractivity contribution < 1.29 is 0 Å². The minimum absolute atomic E-state index is 0.139. The van der Waals surface area contributed by atoms with Gasteiger partial charge in [-0.1, -0.05) is 11.6 Å². The first-order chi connectivity index (χ1) is 12.6. The highest BCUT2D eigenvalue weighted by atomic mass is 35.5. The van der Waals surface area contributed by atoms with Gasteiger partial charge in [0.2, 0.25) is 5.95 Å². The second-order valence-electron chi connectivity index (χ2n) is 6.29. The van der Waals surface area contributed by atoms with Crippen LogP contribution in [0.4, 0.5) is 5.95 Å². The molecule has 0 spiro atoms. The molecule has 0 amide bonds. The molecule has 6 nitrogen and oxygen atoms in total. The summed E-state index contributed by atoms with van der Waals surface area (Å²) in [6.45, 7) is 1.89. The van der Waals surface area contributed by atoms with Crippen LogP contribution in [-0.2, 0) is 12.8 Å².